The third kappa shape index (κ3) is 4.04. The van der Waals surface area contributed by atoms with Gasteiger partial charge >= 0.3 is 0 Å². The smallest absolute Gasteiger partial charge is 0.164 e. The van der Waals surface area contributed by atoms with Crippen molar-refractivity contribution in [1.29, 1.82) is 0 Å². The van der Waals surface area contributed by atoms with Crippen LogP contribution in [0, 0.1) is 5.82 Å². The van der Waals surface area contributed by atoms with Gasteiger partial charge in [0.15, 0.2) is 5.78 Å². The predicted molar refractivity (Wildman–Crippen MR) is 58.4 cm³/mol. The van der Waals surface area contributed by atoms with Gasteiger partial charge in [-0.2, -0.15) is 0 Å². The van der Waals surface area contributed by atoms with E-state index < -0.39 is 0 Å². The van der Waals surface area contributed by atoms with Crippen LogP contribution in [0.5, 0.6) is 0 Å². The highest BCUT2D eigenvalue weighted by atomic mass is 19.1. The second-order valence-electron chi connectivity index (χ2n) is 3.17. The summed E-state index contributed by atoms with van der Waals surface area (Å²) >= 11 is 0. The average Bonchev–Trinajstić information content (AvgIpc) is 2.25. The number of hydrogen-bond acceptors (Lipinski definition) is 2. The summed E-state index contributed by atoms with van der Waals surface area (Å²) in [7, 11) is 0. The van der Waals surface area contributed by atoms with E-state index in [4.69, 9.17) is 0 Å². The molecule has 0 aliphatic carbocycles. The van der Waals surface area contributed by atoms with Crippen molar-refractivity contribution >= 4 is 5.78 Å². The second-order valence-corrected chi connectivity index (χ2v) is 3.17. The summed E-state index contributed by atoms with van der Waals surface area (Å²) in [6.45, 7) is 4.86. The number of halogens is 1. The number of carbonyl (C=O) groups excluding carboxylic acids is 1. The summed E-state index contributed by atoms with van der Waals surface area (Å²) in [5.41, 5.74) is 0.553. The lowest BCUT2D eigenvalue weighted by Gasteiger charge is -2.01. The Labute approximate surface area is 88.8 Å². The maximum absolute atomic E-state index is 12.6. The SMILES string of the molecule is C=CCNCCC(=O)c1ccc(F)cc1. The molecule has 1 rings (SSSR count). The molecule has 0 spiro atoms. The fraction of sp³-hybridized carbons (Fsp3) is 0.250. The van der Waals surface area contributed by atoms with E-state index in [1.54, 1.807) is 6.08 Å². The Hall–Kier alpha value is -1.48. The van der Waals surface area contributed by atoms with E-state index in [2.05, 4.69) is 11.9 Å². The lowest BCUT2D eigenvalue weighted by molar-refractivity contribution is 0.0983. The minimum absolute atomic E-state index is 0.0200. The minimum Gasteiger partial charge on any atom is -0.313 e. The fourth-order valence-corrected chi connectivity index (χ4v) is 1.19. The average molecular weight is 207 g/mol. The maximum atomic E-state index is 12.6. The van der Waals surface area contributed by atoms with Crippen LogP contribution >= 0.6 is 0 Å². The molecule has 0 radical (unpaired) electrons. The third-order valence-electron chi connectivity index (χ3n) is 1.98. The molecule has 0 aromatic heterocycles. The zero-order valence-corrected chi connectivity index (χ0v) is 8.50. The zero-order valence-electron chi connectivity index (χ0n) is 8.50. The molecule has 0 atom stereocenters. The highest BCUT2D eigenvalue weighted by Gasteiger charge is 2.04. The van der Waals surface area contributed by atoms with Crippen LogP contribution in [0.15, 0.2) is 36.9 Å². The van der Waals surface area contributed by atoms with E-state index in [0.29, 0.717) is 25.1 Å². The van der Waals surface area contributed by atoms with Crippen LogP contribution in [0.2, 0.25) is 0 Å². The number of benzene rings is 1. The molecule has 2 nitrogen and oxygen atoms in total. The summed E-state index contributed by atoms with van der Waals surface area (Å²) in [5.74, 6) is -0.303. The van der Waals surface area contributed by atoms with E-state index in [9.17, 15) is 9.18 Å². The van der Waals surface area contributed by atoms with Crippen LogP contribution in [0.1, 0.15) is 16.8 Å². The van der Waals surface area contributed by atoms with Crippen molar-refractivity contribution in [3.63, 3.8) is 0 Å². The molecule has 0 heterocycles. The molecular weight excluding hydrogens is 193 g/mol. The maximum Gasteiger partial charge on any atom is 0.164 e. The number of ketones is 1. The van der Waals surface area contributed by atoms with Gasteiger partial charge in [0.25, 0.3) is 0 Å². The number of nitrogens with one attached hydrogen (secondary N) is 1. The monoisotopic (exact) mass is 207 g/mol. The van der Waals surface area contributed by atoms with E-state index >= 15 is 0 Å². The molecule has 0 aliphatic heterocycles. The topological polar surface area (TPSA) is 29.1 Å². The zero-order chi connectivity index (χ0) is 11.1. The van der Waals surface area contributed by atoms with E-state index in [0.717, 1.165) is 0 Å². The summed E-state index contributed by atoms with van der Waals surface area (Å²) in [6.07, 6.45) is 2.15. The van der Waals surface area contributed by atoms with Crippen molar-refractivity contribution in [3.05, 3.63) is 48.3 Å². The van der Waals surface area contributed by atoms with Crippen LogP contribution < -0.4 is 5.32 Å². The van der Waals surface area contributed by atoms with Crippen LogP contribution in [0.25, 0.3) is 0 Å². The predicted octanol–water partition coefficient (Wildman–Crippen LogP) is 2.17. The van der Waals surface area contributed by atoms with Gasteiger partial charge in [-0.25, -0.2) is 4.39 Å². The van der Waals surface area contributed by atoms with Crippen molar-refractivity contribution in [3.8, 4) is 0 Å². The number of Topliss-reactive ketones (excluding diaryl/α,β-unsaturated/α-hetero) is 1. The Morgan fingerprint density at radius 2 is 2.07 bits per heavy atom. The van der Waals surface area contributed by atoms with Crippen molar-refractivity contribution in [1.82, 2.24) is 5.32 Å². The van der Waals surface area contributed by atoms with Gasteiger partial charge in [-0.15, -0.1) is 6.58 Å². The molecular formula is C12H14FNO. The normalized spacial score (nSPS) is 9.93. The number of hydrogen-bond donors (Lipinski definition) is 1. The lowest BCUT2D eigenvalue weighted by atomic mass is 10.1. The first kappa shape index (κ1) is 11.6. The molecule has 15 heavy (non-hydrogen) atoms. The van der Waals surface area contributed by atoms with E-state index in [1.165, 1.54) is 24.3 Å². The highest BCUT2D eigenvalue weighted by molar-refractivity contribution is 5.96. The number of carbonyl (C=O) groups is 1. The summed E-state index contributed by atoms with van der Waals surface area (Å²) < 4.78 is 12.6. The summed E-state index contributed by atoms with van der Waals surface area (Å²) in [6, 6.07) is 5.60. The molecule has 0 amide bonds. The highest BCUT2D eigenvalue weighted by Crippen LogP contribution is 2.05. The van der Waals surface area contributed by atoms with E-state index in [-0.39, 0.29) is 11.6 Å². The first-order valence-corrected chi connectivity index (χ1v) is 4.84. The van der Waals surface area contributed by atoms with Gasteiger partial charge in [0.05, 0.1) is 0 Å². The molecule has 1 aromatic carbocycles. The lowest BCUT2D eigenvalue weighted by Crippen LogP contribution is -2.18. The molecule has 3 heteroatoms. The van der Waals surface area contributed by atoms with Crippen LogP contribution in [0.4, 0.5) is 4.39 Å². The molecule has 80 valence electrons. The van der Waals surface area contributed by atoms with Gasteiger partial charge in [0.2, 0.25) is 0 Å². The Bertz CT molecular complexity index is 332. The Morgan fingerprint density at radius 1 is 1.40 bits per heavy atom. The molecule has 0 unspecified atom stereocenters. The summed E-state index contributed by atoms with van der Waals surface area (Å²) in [4.78, 5) is 11.5. The largest absolute Gasteiger partial charge is 0.313 e. The van der Waals surface area contributed by atoms with Crippen molar-refractivity contribution in [2.45, 2.75) is 6.42 Å². The first-order valence-electron chi connectivity index (χ1n) is 4.84. The second kappa shape index (κ2) is 6.09. The summed E-state index contributed by atoms with van der Waals surface area (Å²) in [5, 5.41) is 3.03. The fourth-order valence-electron chi connectivity index (χ4n) is 1.19. The minimum atomic E-state index is -0.323. The van der Waals surface area contributed by atoms with Crippen LogP contribution in [0.3, 0.4) is 0 Å². The van der Waals surface area contributed by atoms with E-state index in [1.807, 2.05) is 0 Å². The Morgan fingerprint density at radius 3 is 2.67 bits per heavy atom. The molecule has 0 fully saturated rings. The molecule has 1 aromatic rings. The van der Waals surface area contributed by atoms with Gasteiger partial charge < -0.3 is 5.32 Å². The molecule has 0 aliphatic rings. The van der Waals surface area contributed by atoms with Crippen LogP contribution in [-0.4, -0.2) is 18.9 Å². The van der Waals surface area contributed by atoms with Crippen molar-refractivity contribution < 1.29 is 9.18 Å². The van der Waals surface area contributed by atoms with Gasteiger partial charge in [-0.3, -0.25) is 4.79 Å². The third-order valence-corrected chi connectivity index (χ3v) is 1.98. The van der Waals surface area contributed by atoms with Gasteiger partial charge in [-0.05, 0) is 24.3 Å². The van der Waals surface area contributed by atoms with Gasteiger partial charge in [0, 0.05) is 25.1 Å². The van der Waals surface area contributed by atoms with Gasteiger partial charge in [0.1, 0.15) is 5.82 Å². The van der Waals surface area contributed by atoms with Crippen LogP contribution in [-0.2, 0) is 0 Å². The molecule has 1 N–H and O–H groups in total. The number of rotatable bonds is 6. The van der Waals surface area contributed by atoms with Crippen molar-refractivity contribution in [2.24, 2.45) is 0 Å². The van der Waals surface area contributed by atoms with Gasteiger partial charge in [-0.1, -0.05) is 6.08 Å². The standard InChI is InChI=1S/C12H14FNO/c1-2-8-14-9-7-12(15)10-3-5-11(13)6-4-10/h2-6,14H,1,7-9H2. The molecule has 0 saturated carbocycles. The first-order chi connectivity index (χ1) is 7.24. The Balaban J connectivity index is 2.40. The quantitative estimate of drug-likeness (QED) is 0.440. The molecule has 0 saturated heterocycles. The Kier molecular flexibility index (Phi) is 4.71. The molecule has 0 bridgehead atoms. The van der Waals surface area contributed by atoms with Crippen molar-refractivity contribution in [2.75, 3.05) is 13.1 Å².